The number of carboxylic acids is 1. The maximum Gasteiger partial charge on any atom is 0.416 e. The standard InChI is InChI=1S/C15H20F3NO2/c16-15(17,18)13-7-3-6-12(11-13)5-1-2-9-19-10-4-8-14(20)21/h3,6-7,11,19H,1-2,4-5,8-10H2,(H,20,21). The number of hydrogen-bond acceptors (Lipinski definition) is 2. The smallest absolute Gasteiger partial charge is 0.416 e. The number of nitrogens with one attached hydrogen (secondary N) is 1. The predicted molar refractivity (Wildman–Crippen MR) is 74.1 cm³/mol. The number of aliphatic carboxylic acids is 1. The Kier molecular flexibility index (Phi) is 7.22. The second-order valence-corrected chi connectivity index (χ2v) is 4.90. The fourth-order valence-electron chi connectivity index (χ4n) is 1.97. The first-order chi connectivity index (χ1) is 9.89. The highest BCUT2D eigenvalue weighted by atomic mass is 19.4. The second kappa shape index (κ2) is 8.67. The summed E-state index contributed by atoms with van der Waals surface area (Å²) in [6.07, 6.45) is -1.29. The highest BCUT2D eigenvalue weighted by molar-refractivity contribution is 5.66. The topological polar surface area (TPSA) is 49.3 Å². The number of alkyl halides is 3. The Hall–Kier alpha value is -1.56. The van der Waals surface area contributed by atoms with Crippen molar-refractivity contribution in [1.29, 1.82) is 0 Å². The van der Waals surface area contributed by atoms with Gasteiger partial charge in [-0.05, 0) is 50.4 Å². The number of carboxylic acid groups (broad SMARTS) is 1. The van der Waals surface area contributed by atoms with E-state index in [1.165, 1.54) is 12.1 Å². The Labute approximate surface area is 122 Å². The monoisotopic (exact) mass is 303 g/mol. The minimum atomic E-state index is -4.29. The number of rotatable bonds is 9. The van der Waals surface area contributed by atoms with Crippen molar-refractivity contribution >= 4 is 5.97 Å². The molecule has 6 heteroatoms. The largest absolute Gasteiger partial charge is 0.481 e. The average Bonchev–Trinajstić information content (AvgIpc) is 2.41. The van der Waals surface area contributed by atoms with Crippen LogP contribution in [0.15, 0.2) is 24.3 Å². The van der Waals surface area contributed by atoms with Gasteiger partial charge in [0.15, 0.2) is 0 Å². The number of unbranched alkanes of at least 4 members (excludes halogenated alkanes) is 1. The lowest BCUT2D eigenvalue weighted by atomic mass is 10.0. The van der Waals surface area contributed by atoms with Crippen LogP contribution in [-0.4, -0.2) is 24.2 Å². The normalized spacial score (nSPS) is 11.6. The summed E-state index contributed by atoms with van der Waals surface area (Å²) in [7, 11) is 0. The van der Waals surface area contributed by atoms with E-state index in [0.29, 0.717) is 24.9 Å². The Morgan fingerprint density at radius 3 is 2.52 bits per heavy atom. The summed E-state index contributed by atoms with van der Waals surface area (Å²) in [4.78, 5) is 10.3. The Bertz CT molecular complexity index is 447. The lowest BCUT2D eigenvalue weighted by molar-refractivity contribution is -0.138. The summed E-state index contributed by atoms with van der Waals surface area (Å²) in [6, 6.07) is 5.41. The van der Waals surface area contributed by atoms with E-state index in [0.717, 1.165) is 25.5 Å². The third-order valence-corrected chi connectivity index (χ3v) is 3.07. The van der Waals surface area contributed by atoms with Crippen molar-refractivity contribution in [2.24, 2.45) is 0 Å². The van der Waals surface area contributed by atoms with Crippen molar-refractivity contribution in [3.8, 4) is 0 Å². The molecule has 0 bridgehead atoms. The van der Waals surface area contributed by atoms with E-state index in [1.54, 1.807) is 6.07 Å². The number of benzene rings is 1. The summed E-state index contributed by atoms with van der Waals surface area (Å²) >= 11 is 0. The maximum atomic E-state index is 12.5. The molecular weight excluding hydrogens is 283 g/mol. The molecule has 0 aliphatic heterocycles. The Morgan fingerprint density at radius 1 is 1.14 bits per heavy atom. The first-order valence-corrected chi connectivity index (χ1v) is 6.98. The van der Waals surface area contributed by atoms with Crippen molar-refractivity contribution in [3.05, 3.63) is 35.4 Å². The van der Waals surface area contributed by atoms with Gasteiger partial charge in [0, 0.05) is 6.42 Å². The summed E-state index contributed by atoms with van der Waals surface area (Å²) < 4.78 is 37.6. The van der Waals surface area contributed by atoms with Gasteiger partial charge in [-0.3, -0.25) is 4.79 Å². The quantitative estimate of drug-likeness (QED) is 0.687. The first-order valence-electron chi connectivity index (χ1n) is 6.98. The molecule has 0 unspecified atom stereocenters. The van der Waals surface area contributed by atoms with Crippen LogP contribution in [0.5, 0.6) is 0 Å². The molecule has 2 N–H and O–H groups in total. The van der Waals surface area contributed by atoms with Gasteiger partial charge in [0.1, 0.15) is 0 Å². The Morgan fingerprint density at radius 2 is 1.86 bits per heavy atom. The van der Waals surface area contributed by atoms with E-state index < -0.39 is 17.7 Å². The molecule has 0 saturated carbocycles. The lowest BCUT2D eigenvalue weighted by Gasteiger charge is -2.09. The van der Waals surface area contributed by atoms with Gasteiger partial charge < -0.3 is 10.4 Å². The molecule has 3 nitrogen and oxygen atoms in total. The van der Waals surface area contributed by atoms with Gasteiger partial charge >= 0.3 is 12.1 Å². The van der Waals surface area contributed by atoms with Gasteiger partial charge in [0.2, 0.25) is 0 Å². The number of hydrogen-bond donors (Lipinski definition) is 2. The number of carbonyl (C=O) groups is 1. The Balaban J connectivity index is 2.17. The molecule has 0 aliphatic rings. The third kappa shape index (κ3) is 7.70. The van der Waals surface area contributed by atoms with Crippen molar-refractivity contribution < 1.29 is 23.1 Å². The lowest BCUT2D eigenvalue weighted by Crippen LogP contribution is -2.17. The number of halogens is 3. The zero-order valence-electron chi connectivity index (χ0n) is 11.7. The van der Waals surface area contributed by atoms with Gasteiger partial charge in [-0.1, -0.05) is 18.2 Å². The molecule has 0 aliphatic carbocycles. The van der Waals surface area contributed by atoms with Crippen LogP contribution in [0.2, 0.25) is 0 Å². The van der Waals surface area contributed by atoms with Crippen LogP contribution in [0.1, 0.15) is 36.8 Å². The minimum absolute atomic E-state index is 0.150. The molecule has 0 amide bonds. The molecule has 0 spiro atoms. The van der Waals surface area contributed by atoms with E-state index in [4.69, 9.17) is 5.11 Å². The molecular formula is C15H20F3NO2. The molecule has 0 radical (unpaired) electrons. The molecule has 0 atom stereocenters. The first kappa shape index (κ1) is 17.5. The SMILES string of the molecule is O=C(O)CCCNCCCCc1cccc(C(F)(F)F)c1. The number of aryl methyl sites for hydroxylation is 1. The predicted octanol–water partition coefficient (Wildman–Crippen LogP) is 3.48. The summed E-state index contributed by atoms with van der Waals surface area (Å²) in [6.45, 7) is 1.40. The molecule has 0 heterocycles. The van der Waals surface area contributed by atoms with Crippen LogP contribution < -0.4 is 5.32 Å². The average molecular weight is 303 g/mol. The van der Waals surface area contributed by atoms with Crippen molar-refractivity contribution in [2.45, 2.75) is 38.3 Å². The highest BCUT2D eigenvalue weighted by Gasteiger charge is 2.30. The van der Waals surface area contributed by atoms with E-state index in [1.807, 2.05) is 0 Å². The zero-order valence-corrected chi connectivity index (χ0v) is 11.7. The maximum absolute atomic E-state index is 12.5. The van der Waals surface area contributed by atoms with Crippen molar-refractivity contribution in [1.82, 2.24) is 5.32 Å². The molecule has 1 aromatic rings. The molecule has 0 aromatic heterocycles. The van der Waals surface area contributed by atoms with Crippen LogP contribution in [0.25, 0.3) is 0 Å². The van der Waals surface area contributed by atoms with E-state index in [2.05, 4.69) is 5.32 Å². The van der Waals surface area contributed by atoms with Crippen LogP contribution in [-0.2, 0) is 17.4 Å². The molecule has 0 saturated heterocycles. The molecule has 21 heavy (non-hydrogen) atoms. The minimum Gasteiger partial charge on any atom is -0.481 e. The van der Waals surface area contributed by atoms with Gasteiger partial charge in [0.25, 0.3) is 0 Å². The summed E-state index contributed by atoms with van der Waals surface area (Å²) in [5.74, 6) is -0.804. The van der Waals surface area contributed by atoms with Gasteiger partial charge in [0.05, 0.1) is 5.56 Å². The fourth-order valence-corrected chi connectivity index (χ4v) is 1.97. The van der Waals surface area contributed by atoms with Gasteiger partial charge in [-0.25, -0.2) is 0 Å². The van der Waals surface area contributed by atoms with Crippen LogP contribution >= 0.6 is 0 Å². The molecule has 118 valence electrons. The summed E-state index contributed by atoms with van der Waals surface area (Å²) in [5.41, 5.74) is 0.0856. The summed E-state index contributed by atoms with van der Waals surface area (Å²) in [5, 5.41) is 11.6. The second-order valence-electron chi connectivity index (χ2n) is 4.90. The highest BCUT2D eigenvalue weighted by Crippen LogP contribution is 2.29. The van der Waals surface area contributed by atoms with E-state index >= 15 is 0 Å². The fraction of sp³-hybridized carbons (Fsp3) is 0.533. The van der Waals surface area contributed by atoms with Crippen LogP contribution in [0, 0.1) is 0 Å². The molecule has 1 aromatic carbocycles. The van der Waals surface area contributed by atoms with E-state index in [-0.39, 0.29) is 6.42 Å². The van der Waals surface area contributed by atoms with Crippen LogP contribution in [0.3, 0.4) is 0 Å². The molecule has 0 fully saturated rings. The third-order valence-electron chi connectivity index (χ3n) is 3.07. The zero-order chi connectivity index (χ0) is 15.7. The van der Waals surface area contributed by atoms with Crippen molar-refractivity contribution in [3.63, 3.8) is 0 Å². The van der Waals surface area contributed by atoms with Crippen LogP contribution in [0.4, 0.5) is 13.2 Å². The van der Waals surface area contributed by atoms with Crippen molar-refractivity contribution in [2.75, 3.05) is 13.1 Å². The van der Waals surface area contributed by atoms with E-state index in [9.17, 15) is 18.0 Å². The molecule has 1 rings (SSSR count). The van der Waals surface area contributed by atoms with Gasteiger partial charge in [-0.2, -0.15) is 13.2 Å². The van der Waals surface area contributed by atoms with Gasteiger partial charge in [-0.15, -0.1) is 0 Å².